The topological polar surface area (TPSA) is 68.5 Å². The maximum absolute atomic E-state index is 13.1. The van der Waals surface area contributed by atoms with Crippen LogP contribution >= 0.6 is 0 Å². The highest BCUT2D eigenvalue weighted by Crippen LogP contribution is 2.17. The highest BCUT2D eigenvalue weighted by molar-refractivity contribution is 5.86. The van der Waals surface area contributed by atoms with Crippen molar-refractivity contribution in [3.63, 3.8) is 0 Å². The van der Waals surface area contributed by atoms with Crippen LogP contribution in [0, 0.1) is 25.5 Å². The standard InChI is InChI=1S/C21H20F2N4O2/c1-13-20(14(2)27(26-13)18-8-4-16(22)5-9-18)12-24-25-21(28)15(3)29-19-10-6-17(23)7-11-19/h4-12,15H,1-3H3,(H,25,28)/b24-12-/t15-/m0/s1. The lowest BCUT2D eigenvalue weighted by atomic mass is 10.2. The second-order valence-corrected chi connectivity index (χ2v) is 6.42. The molecule has 3 aromatic rings. The van der Waals surface area contributed by atoms with E-state index in [4.69, 9.17) is 4.74 Å². The van der Waals surface area contributed by atoms with E-state index in [-0.39, 0.29) is 11.6 Å². The largest absolute Gasteiger partial charge is 0.481 e. The molecule has 0 aliphatic rings. The zero-order valence-electron chi connectivity index (χ0n) is 16.2. The molecule has 0 aliphatic heterocycles. The first-order valence-electron chi connectivity index (χ1n) is 8.92. The van der Waals surface area contributed by atoms with E-state index in [0.29, 0.717) is 11.4 Å². The van der Waals surface area contributed by atoms with E-state index in [1.54, 1.807) is 23.7 Å². The van der Waals surface area contributed by atoms with Crippen molar-refractivity contribution in [1.29, 1.82) is 0 Å². The summed E-state index contributed by atoms with van der Waals surface area (Å²) in [5, 5.41) is 8.42. The first-order chi connectivity index (χ1) is 13.8. The van der Waals surface area contributed by atoms with E-state index in [1.165, 1.54) is 42.6 Å². The molecule has 0 unspecified atom stereocenters. The average molecular weight is 398 g/mol. The number of aryl methyl sites for hydroxylation is 1. The van der Waals surface area contributed by atoms with Gasteiger partial charge in [-0.3, -0.25) is 4.79 Å². The molecule has 3 rings (SSSR count). The quantitative estimate of drug-likeness (QED) is 0.509. The van der Waals surface area contributed by atoms with Gasteiger partial charge in [0.15, 0.2) is 6.10 Å². The molecule has 0 saturated carbocycles. The molecule has 2 aromatic carbocycles. The van der Waals surface area contributed by atoms with Gasteiger partial charge in [0, 0.05) is 5.56 Å². The van der Waals surface area contributed by atoms with Gasteiger partial charge in [0.1, 0.15) is 17.4 Å². The number of carbonyl (C=O) groups excluding carboxylic acids is 1. The Morgan fingerprint density at radius 2 is 1.69 bits per heavy atom. The van der Waals surface area contributed by atoms with Crippen LogP contribution in [0.25, 0.3) is 5.69 Å². The molecular formula is C21H20F2N4O2. The minimum atomic E-state index is -0.818. The molecule has 8 heteroatoms. The normalized spacial score (nSPS) is 12.2. The van der Waals surface area contributed by atoms with Crippen molar-refractivity contribution in [2.45, 2.75) is 26.9 Å². The molecule has 6 nitrogen and oxygen atoms in total. The van der Waals surface area contributed by atoms with Gasteiger partial charge < -0.3 is 4.74 Å². The Labute approximate surface area is 166 Å². The third kappa shape index (κ3) is 4.84. The van der Waals surface area contributed by atoms with Gasteiger partial charge in [-0.2, -0.15) is 10.2 Å². The van der Waals surface area contributed by atoms with Crippen molar-refractivity contribution in [2.24, 2.45) is 5.10 Å². The minimum absolute atomic E-state index is 0.322. The van der Waals surface area contributed by atoms with Crippen LogP contribution in [0.1, 0.15) is 23.9 Å². The van der Waals surface area contributed by atoms with Crippen LogP contribution in [-0.2, 0) is 4.79 Å². The summed E-state index contributed by atoms with van der Waals surface area (Å²) in [6, 6.07) is 11.4. The number of amides is 1. The Morgan fingerprint density at radius 3 is 2.31 bits per heavy atom. The summed E-state index contributed by atoms with van der Waals surface area (Å²) in [6.07, 6.45) is 0.682. The van der Waals surface area contributed by atoms with Gasteiger partial charge in [-0.25, -0.2) is 18.9 Å². The molecule has 150 valence electrons. The number of benzene rings is 2. The summed E-state index contributed by atoms with van der Waals surface area (Å²) in [6.45, 7) is 5.24. The van der Waals surface area contributed by atoms with Crippen molar-refractivity contribution < 1.29 is 18.3 Å². The summed E-state index contributed by atoms with van der Waals surface area (Å²) < 4.78 is 33.2. The predicted molar refractivity (Wildman–Crippen MR) is 105 cm³/mol. The molecule has 1 amide bonds. The smallest absolute Gasteiger partial charge is 0.280 e. The first kappa shape index (κ1) is 20.2. The molecule has 0 fully saturated rings. The highest BCUT2D eigenvalue weighted by Gasteiger charge is 2.15. The fraction of sp³-hybridized carbons (Fsp3) is 0.190. The third-order valence-corrected chi connectivity index (χ3v) is 4.28. The van der Waals surface area contributed by atoms with Crippen molar-refractivity contribution in [2.75, 3.05) is 0 Å². The fourth-order valence-electron chi connectivity index (χ4n) is 2.70. The molecule has 1 aromatic heterocycles. The maximum Gasteiger partial charge on any atom is 0.280 e. The summed E-state index contributed by atoms with van der Waals surface area (Å²) >= 11 is 0. The van der Waals surface area contributed by atoms with Crippen LogP contribution in [0.15, 0.2) is 53.6 Å². The van der Waals surface area contributed by atoms with Gasteiger partial charge in [0.05, 0.1) is 23.3 Å². The molecule has 0 aliphatic carbocycles. The van der Waals surface area contributed by atoms with E-state index in [0.717, 1.165) is 16.9 Å². The Hall–Kier alpha value is -3.55. The van der Waals surface area contributed by atoms with Crippen molar-refractivity contribution in [3.05, 3.63) is 77.1 Å². The van der Waals surface area contributed by atoms with Crippen LogP contribution in [0.2, 0.25) is 0 Å². The fourth-order valence-corrected chi connectivity index (χ4v) is 2.70. The highest BCUT2D eigenvalue weighted by atomic mass is 19.1. The van der Waals surface area contributed by atoms with E-state index < -0.39 is 12.0 Å². The van der Waals surface area contributed by atoms with Crippen molar-refractivity contribution >= 4 is 12.1 Å². The van der Waals surface area contributed by atoms with E-state index >= 15 is 0 Å². The van der Waals surface area contributed by atoms with Crippen LogP contribution < -0.4 is 10.2 Å². The monoisotopic (exact) mass is 398 g/mol. The van der Waals surface area contributed by atoms with Crippen LogP contribution in [0.3, 0.4) is 0 Å². The Balaban J connectivity index is 1.66. The van der Waals surface area contributed by atoms with Gasteiger partial charge >= 0.3 is 0 Å². The van der Waals surface area contributed by atoms with Gasteiger partial charge in [0.25, 0.3) is 5.91 Å². The zero-order chi connectivity index (χ0) is 21.0. The lowest BCUT2D eigenvalue weighted by Gasteiger charge is -2.12. The number of hydrogen-bond acceptors (Lipinski definition) is 4. The summed E-state index contributed by atoms with van der Waals surface area (Å²) in [5.74, 6) is -0.778. The molecule has 0 saturated heterocycles. The average Bonchev–Trinajstić information content (AvgIpc) is 2.98. The lowest BCUT2D eigenvalue weighted by Crippen LogP contribution is -2.33. The molecule has 0 spiro atoms. The second kappa shape index (κ2) is 8.64. The molecule has 0 radical (unpaired) electrons. The van der Waals surface area contributed by atoms with E-state index in [1.807, 2.05) is 13.8 Å². The zero-order valence-corrected chi connectivity index (χ0v) is 16.2. The Bertz CT molecular complexity index is 1030. The van der Waals surface area contributed by atoms with Gasteiger partial charge in [-0.15, -0.1) is 0 Å². The Kier molecular flexibility index (Phi) is 6.01. The molecular weight excluding hydrogens is 378 g/mol. The minimum Gasteiger partial charge on any atom is -0.481 e. The van der Waals surface area contributed by atoms with Gasteiger partial charge in [-0.1, -0.05) is 0 Å². The lowest BCUT2D eigenvalue weighted by molar-refractivity contribution is -0.127. The summed E-state index contributed by atoms with van der Waals surface area (Å²) in [7, 11) is 0. The molecule has 1 heterocycles. The predicted octanol–water partition coefficient (Wildman–Crippen LogP) is 3.68. The second-order valence-electron chi connectivity index (χ2n) is 6.42. The number of nitrogens with one attached hydrogen (secondary N) is 1. The van der Waals surface area contributed by atoms with Crippen molar-refractivity contribution in [3.8, 4) is 11.4 Å². The molecule has 1 atom stereocenters. The third-order valence-electron chi connectivity index (χ3n) is 4.28. The maximum atomic E-state index is 13.1. The summed E-state index contributed by atoms with van der Waals surface area (Å²) in [5.41, 5.74) is 5.38. The van der Waals surface area contributed by atoms with E-state index in [2.05, 4.69) is 15.6 Å². The number of rotatable bonds is 6. The Morgan fingerprint density at radius 1 is 1.10 bits per heavy atom. The summed E-state index contributed by atoms with van der Waals surface area (Å²) in [4.78, 5) is 12.2. The van der Waals surface area contributed by atoms with Crippen LogP contribution in [0.5, 0.6) is 5.75 Å². The number of hydrogen-bond donors (Lipinski definition) is 1. The van der Waals surface area contributed by atoms with Gasteiger partial charge in [0.2, 0.25) is 0 Å². The first-order valence-corrected chi connectivity index (χ1v) is 8.92. The van der Waals surface area contributed by atoms with Crippen molar-refractivity contribution in [1.82, 2.24) is 15.2 Å². The van der Waals surface area contributed by atoms with Crippen LogP contribution in [-0.4, -0.2) is 28.0 Å². The SMILES string of the molecule is Cc1nn(-c2ccc(F)cc2)c(C)c1/C=N\NC(=O)[C@H](C)Oc1ccc(F)cc1. The number of aromatic nitrogens is 2. The number of halogens is 2. The van der Waals surface area contributed by atoms with Gasteiger partial charge in [-0.05, 0) is 69.3 Å². The number of ether oxygens (including phenoxy) is 1. The van der Waals surface area contributed by atoms with Crippen LogP contribution in [0.4, 0.5) is 8.78 Å². The number of hydrazone groups is 1. The van der Waals surface area contributed by atoms with E-state index in [9.17, 15) is 13.6 Å². The molecule has 0 bridgehead atoms. The number of carbonyl (C=O) groups is 1. The number of nitrogens with zero attached hydrogens (tertiary/aromatic N) is 3. The molecule has 1 N–H and O–H groups in total. The molecule has 29 heavy (non-hydrogen) atoms.